The number of ether oxygens (including phenoxy) is 6. The monoisotopic (exact) mass is 858 g/mol. The van der Waals surface area contributed by atoms with Crippen molar-refractivity contribution in [2.24, 2.45) is 0 Å². The molecule has 0 amide bonds. The highest BCUT2D eigenvalue weighted by molar-refractivity contribution is 8.00. The Labute approximate surface area is 356 Å². The fraction of sp³-hybridized carbons (Fsp3) is 0.319. The van der Waals surface area contributed by atoms with Gasteiger partial charge in [-0.2, -0.15) is 0 Å². The number of rotatable bonds is 20. The number of thioether (sulfide) groups is 1. The van der Waals surface area contributed by atoms with Gasteiger partial charge < -0.3 is 33.5 Å². The lowest BCUT2D eigenvalue weighted by atomic mass is 10.00. The summed E-state index contributed by atoms with van der Waals surface area (Å²) in [6.07, 6.45) is 1.53. The van der Waals surface area contributed by atoms with Crippen molar-refractivity contribution in [3.63, 3.8) is 0 Å². The Morgan fingerprint density at radius 1 is 0.833 bits per heavy atom. The van der Waals surface area contributed by atoms with Crippen molar-refractivity contribution in [1.29, 1.82) is 0 Å². The maximum Gasteiger partial charge on any atom is 0.330 e. The predicted molar refractivity (Wildman–Crippen MR) is 234 cm³/mol. The van der Waals surface area contributed by atoms with E-state index in [1.54, 1.807) is 26.4 Å². The minimum absolute atomic E-state index is 0.0191. The van der Waals surface area contributed by atoms with Gasteiger partial charge >= 0.3 is 5.97 Å². The number of esters is 1. The van der Waals surface area contributed by atoms with Crippen molar-refractivity contribution in [1.82, 2.24) is 0 Å². The number of alkyl halides is 2. The van der Waals surface area contributed by atoms with Gasteiger partial charge in [-0.1, -0.05) is 60.0 Å². The Balaban J connectivity index is 1.14. The number of aliphatic hydroxyl groups is 1. The van der Waals surface area contributed by atoms with Gasteiger partial charge in [0.2, 0.25) is 10.7 Å². The SMILES string of the molecule is C=CC(=O)OCCCC(F)(F)CCCOC(COc1ccc2c(c1)SC(O)C(c1ccc(C)cc1OC)=C2)COc1ccc2cc(-c3ccc(C)cc3OC)c(=O)sc2c1. The molecule has 1 aliphatic rings. The van der Waals surface area contributed by atoms with Gasteiger partial charge in [0.05, 0.1) is 20.8 Å². The van der Waals surface area contributed by atoms with Gasteiger partial charge in [0.1, 0.15) is 47.8 Å². The highest BCUT2D eigenvalue weighted by atomic mass is 32.2. The van der Waals surface area contributed by atoms with E-state index in [1.165, 1.54) is 11.8 Å². The van der Waals surface area contributed by atoms with Gasteiger partial charge in [-0.15, -0.1) is 0 Å². The van der Waals surface area contributed by atoms with Gasteiger partial charge in [-0.3, -0.25) is 4.79 Å². The van der Waals surface area contributed by atoms with Crippen LogP contribution in [0.4, 0.5) is 8.78 Å². The molecule has 6 rings (SSSR count). The van der Waals surface area contributed by atoms with E-state index in [2.05, 4.69) is 6.58 Å². The van der Waals surface area contributed by atoms with Crippen LogP contribution in [0, 0.1) is 13.8 Å². The summed E-state index contributed by atoms with van der Waals surface area (Å²) in [5.41, 5.74) is 4.95. The highest BCUT2D eigenvalue weighted by Gasteiger charge is 2.28. The quantitative estimate of drug-likeness (QED) is 0.0462. The zero-order valence-corrected chi connectivity index (χ0v) is 35.6. The average molecular weight is 859 g/mol. The van der Waals surface area contributed by atoms with Crippen LogP contribution in [-0.4, -0.2) is 69.2 Å². The van der Waals surface area contributed by atoms with E-state index in [4.69, 9.17) is 28.4 Å². The molecule has 1 N–H and O–H groups in total. The fourth-order valence-corrected chi connectivity index (χ4v) is 8.59. The van der Waals surface area contributed by atoms with Crippen molar-refractivity contribution in [2.75, 3.05) is 40.6 Å². The van der Waals surface area contributed by atoms with Gasteiger partial charge in [0.25, 0.3) is 0 Å². The summed E-state index contributed by atoms with van der Waals surface area (Å²) in [6, 6.07) is 24.5. The Bertz CT molecular complexity index is 2410. The molecule has 0 aliphatic carbocycles. The molecule has 4 aromatic carbocycles. The molecule has 0 bridgehead atoms. The summed E-state index contributed by atoms with van der Waals surface area (Å²) in [4.78, 5) is 25.4. The summed E-state index contributed by atoms with van der Waals surface area (Å²) >= 11 is 2.40. The number of methoxy groups -OCH3 is 2. The second kappa shape index (κ2) is 20.4. The zero-order chi connectivity index (χ0) is 42.8. The first-order valence-corrected chi connectivity index (χ1v) is 21.2. The van der Waals surface area contributed by atoms with E-state index in [-0.39, 0.29) is 44.0 Å². The molecule has 316 valence electrons. The molecule has 0 spiro atoms. The van der Waals surface area contributed by atoms with Crippen molar-refractivity contribution in [2.45, 2.75) is 61.9 Å². The average Bonchev–Trinajstić information content (AvgIpc) is 3.23. The molecule has 60 heavy (non-hydrogen) atoms. The minimum atomic E-state index is -2.96. The highest BCUT2D eigenvalue weighted by Crippen LogP contribution is 2.44. The van der Waals surface area contributed by atoms with Crippen LogP contribution in [0.2, 0.25) is 0 Å². The van der Waals surface area contributed by atoms with E-state index in [9.17, 15) is 23.5 Å². The molecule has 2 atom stereocenters. The van der Waals surface area contributed by atoms with Crippen LogP contribution in [0.3, 0.4) is 0 Å². The predicted octanol–water partition coefficient (Wildman–Crippen LogP) is 10.3. The van der Waals surface area contributed by atoms with Crippen molar-refractivity contribution < 1.29 is 47.1 Å². The number of halogens is 2. The Kier molecular flexibility index (Phi) is 15.1. The second-order valence-corrected chi connectivity index (χ2v) is 16.5. The minimum Gasteiger partial charge on any atom is -0.496 e. The lowest BCUT2D eigenvalue weighted by Crippen LogP contribution is -2.29. The normalized spacial score (nSPS) is 14.2. The molecule has 2 heterocycles. The molecule has 0 saturated heterocycles. The lowest BCUT2D eigenvalue weighted by molar-refractivity contribution is -0.138. The number of hydrogen-bond acceptors (Lipinski definition) is 11. The molecule has 0 fully saturated rings. The number of carbonyl (C=O) groups excluding carboxylic acids is 1. The van der Waals surface area contributed by atoms with E-state index >= 15 is 0 Å². The number of hydrogen-bond donors (Lipinski definition) is 1. The lowest BCUT2D eigenvalue weighted by Gasteiger charge is -2.24. The van der Waals surface area contributed by atoms with E-state index in [0.29, 0.717) is 28.6 Å². The van der Waals surface area contributed by atoms with Crippen molar-refractivity contribution in [3.05, 3.63) is 123 Å². The van der Waals surface area contributed by atoms with E-state index < -0.39 is 36.3 Å². The van der Waals surface area contributed by atoms with Gasteiger partial charge in [-0.25, -0.2) is 13.6 Å². The molecule has 9 nitrogen and oxygen atoms in total. The van der Waals surface area contributed by atoms with E-state index in [0.717, 1.165) is 65.8 Å². The molecular formula is C47H48F2O9S2. The number of aryl methyl sites for hydroxylation is 2. The first kappa shape index (κ1) is 44.3. The second-order valence-electron chi connectivity index (χ2n) is 14.4. The maximum atomic E-state index is 14.6. The standard InChI is InChI=1S/C47H48F2O9S2/c1-6-44(50)56-20-8-18-47(48,49)17-7-19-55-35(27-57-33-13-11-31-23-38(45(51)59-42(31)25-33)36-15-9-29(2)21-40(36)53-4)28-58-34-14-12-32-24-39(46(52)60-43(32)26-34)37-16-10-30(3)22-41(37)54-5/h6,9-16,21-26,35,45,51H,1,7-8,17-20,27-28H2,2-5H3. The van der Waals surface area contributed by atoms with Crippen LogP contribution in [0.25, 0.3) is 32.9 Å². The molecule has 13 heteroatoms. The number of carbonyl (C=O) groups is 1. The summed E-state index contributed by atoms with van der Waals surface area (Å²) in [7, 11) is 3.19. The molecule has 5 aromatic rings. The summed E-state index contributed by atoms with van der Waals surface area (Å²) < 4.78 is 64.3. The maximum absolute atomic E-state index is 14.6. The number of aliphatic hydroxyl groups excluding tert-OH is 1. The van der Waals surface area contributed by atoms with Crippen LogP contribution < -0.4 is 23.7 Å². The van der Waals surface area contributed by atoms with Crippen LogP contribution in [0.5, 0.6) is 23.0 Å². The first-order valence-electron chi connectivity index (χ1n) is 19.5. The number of fused-ring (bicyclic) bond motifs is 2. The third kappa shape index (κ3) is 11.5. The molecule has 0 saturated carbocycles. The van der Waals surface area contributed by atoms with Crippen LogP contribution >= 0.6 is 23.1 Å². The largest absolute Gasteiger partial charge is 0.496 e. The summed E-state index contributed by atoms with van der Waals surface area (Å²) in [5, 5.41) is 12.0. The fourth-order valence-electron chi connectivity index (χ4n) is 6.68. The third-order valence-electron chi connectivity index (χ3n) is 9.83. The first-order chi connectivity index (χ1) is 28.9. The Morgan fingerprint density at radius 2 is 1.47 bits per heavy atom. The zero-order valence-electron chi connectivity index (χ0n) is 34.0. The van der Waals surface area contributed by atoms with Gasteiger partial charge in [0.15, 0.2) is 0 Å². The van der Waals surface area contributed by atoms with Crippen molar-refractivity contribution in [3.8, 4) is 34.1 Å². The van der Waals surface area contributed by atoms with Crippen LogP contribution in [-0.2, 0) is 14.3 Å². The number of benzene rings is 4. The molecule has 1 aliphatic heterocycles. The molecule has 1 aromatic heterocycles. The third-order valence-corrected chi connectivity index (χ3v) is 11.9. The summed E-state index contributed by atoms with van der Waals surface area (Å²) in [5.74, 6) is -1.27. The van der Waals surface area contributed by atoms with Crippen LogP contribution in [0.1, 0.15) is 47.9 Å². The molecule has 0 radical (unpaired) electrons. The van der Waals surface area contributed by atoms with Gasteiger partial charge in [0, 0.05) is 57.4 Å². The van der Waals surface area contributed by atoms with Gasteiger partial charge in [-0.05, 0) is 103 Å². The smallest absolute Gasteiger partial charge is 0.330 e. The van der Waals surface area contributed by atoms with Crippen LogP contribution in [0.15, 0.2) is 101 Å². The topological polar surface area (TPSA) is 110 Å². The molecule has 2 unspecified atom stereocenters. The Morgan fingerprint density at radius 3 is 2.15 bits per heavy atom. The van der Waals surface area contributed by atoms with E-state index in [1.807, 2.05) is 86.7 Å². The van der Waals surface area contributed by atoms with Crippen molar-refractivity contribution >= 4 is 50.8 Å². The Hall–Kier alpha value is -5.21. The molecular weight excluding hydrogens is 811 g/mol. The summed E-state index contributed by atoms with van der Waals surface area (Å²) in [6.45, 7) is 7.23.